The topological polar surface area (TPSA) is 43.4 Å². The molecular weight excluding hydrogens is 120 g/mol. The Bertz CT molecular complexity index is 117. The van der Waals surface area contributed by atoms with Crippen LogP contribution in [0.4, 0.5) is 0 Å². The maximum absolute atomic E-state index is 10.5. The fraction of sp³-hybridized carbons (Fsp3) is 0.667. The second kappa shape index (κ2) is 4.06. The Balaban J connectivity index is 3.60. The molecule has 0 radical (unpaired) electrons. The van der Waals surface area contributed by atoms with Gasteiger partial charge in [-0.25, -0.2) is 4.79 Å². The first-order chi connectivity index (χ1) is 4.22. The van der Waals surface area contributed by atoms with E-state index in [9.17, 15) is 9.59 Å². The van der Waals surface area contributed by atoms with Crippen molar-refractivity contribution in [3.8, 4) is 0 Å². The van der Waals surface area contributed by atoms with Crippen LogP contribution in [0.3, 0.4) is 0 Å². The van der Waals surface area contributed by atoms with Crippen LogP contribution in [0, 0.1) is 0 Å². The summed E-state index contributed by atoms with van der Waals surface area (Å²) in [6, 6.07) is 0. The third kappa shape index (κ3) is 2.85. The summed E-state index contributed by atoms with van der Waals surface area (Å²) in [5.41, 5.74) is 0. The van der Waals surface area contributed by atoms with Gasteiger partial charge in [-0.2, -0.15) is 0 Å². The first-order valence-electron chi connectivity index (χ1n) is 2.83. The summed E-state index contributed by atoms with van der Waals surface area (Å²) >= 11 is 0. The Morgan fingerprint density at radius 1 is 1.44 bits per heavy atom. The largest absolute Gasteiger partial charge is 0.463 e. The van der Waals surface area contributed by atoms with Gasteiger partial charge in [0.25, 0.3) is 0 Å². The van der Waals surface area contributed by atoms with E-state index in [0.717, 1.165) is 0 Å². The molecule has 52 valence electrons. The third-order valence-electron chi connectivity index (χ3n) is 0.890. The van der Waals surface area contributed by atoms with Crippen molar-refractivity contribution >= 4 is 11.8 Å². The van der Waals surface area contributed by atoms with E-state index in [2.05, 4.69) is 4.74 Å². The zero-order valence-electron chi connectivity index (χ0n) is 5.64. The molecule has 3 heteroatoms. The van der Waals surface area contributed by atoms with Gasteiger partial charge in [-0.15, -0.1) is 0 Å². The van der Waals surface area contributed by atoms with Gasteiger partial charge in [0, 0.05) is 6.42 Å². The number of ketones is 1. The van der Waals surface area contributed by atoms with Crippen molar-refractivity contribution in [2.45, 2.75) is 19.8 Å². The van der Waals surface area contributed by atoms with E-state index >= 15 is 0 Å². The summed E-state index contributed by atoms with van der Waals surface area (Å²) < 4.78 is 4.18. The van der Waals surface area contributed by atoms with Gasteiger partial charge in [0.05, 0.1) is 7.11 Å². The van der Waals surface area contributed by atoms with Gasteiger partial charge in [0.2, 0.25) is 5.78 Å². The van der Waals surface area contributed by atoms with Crippen LogP contribution in [0.2, 0.25) is 0 Å². The molecule has 0 heterocycles. The third-order valence-corrected chi connectivity index (χ3v) is 0.890. The number of carbonyl (C=O) groups excluding carboxylic acids is 2. The zero-order valence-corrected chi connectivity index (χ0v) is 5.64. The fourth-order valence-electron chi connectivity index (χ4n) is 0.443. The first-order valence-corrected chi connectivity index (χ1v) is 2.83. The van der Waals surface area contributed by atoms with Crippen molar-refractivity contribution in [1.82, 2.24) is 0 Å². The van der Waals surface area contributed by atoms with E-state index in [1.807, 2.05) is 6.92 Å². The lowest BCUT2D eigenvalue weighted by Crippen LogP contribution is -2.14. The van der Waals surface area contributed by atoms with E-state index < -0.39 is 11.8 Å². The molecule has 0 saturated carbocycles. The van der Waals surface area contributed by atoms with Gasteiger partial charge < -0.3 is 4.74 Å². The highest BCUT2D eigenvalue weighted by molar-refractivity contribution is 6.33. The average molecular weight is 130 g/mol. The maximum Gasteiger partial charge on any atom is 0.374 e. The molecule has 0 aliphatic carbocycles. The van der Waals surface area contributed by atoms with Crippen LogP contribution in [0.15, 0.2) is 0 Å². The van der Waals surface area contributed by atoms with Gasteiger partial charge in [-0.3, -0.25) is 4.79 Å². The van der Waals surface area contributed by atoms with E-state index in [1.54, 1.807) is 0 Å². The normalized spacial score (nSPS) is 8.67. The molecule has 0 fully saturated rings. The summed E-state index contributed by atoms with van der Waals surface area (Å²) in [7, 11) is 1.20. The molecule has 0 aromatic heterocycles. The van der Waals surface area contributed by atoms with Crippen molar-refractivity contribution in [3.63, 3.8) is 0 Å². The second-order valence-electron chi connectivity index (χ2n) is 1.66. The summed E-state index contributed by atoms with van der Waals surface area (Å²) in [5.74, 6) is -1.18. The van der Waals surface area contributed by atoms with Gasteiger partial charge in [-0.1, -0.05) is 6.92 Å². The highest BCUT2D eigenvalue weighted by atomic mass is 16.5. The van der Waals surface area contributed by atoms with Gasteiger partial charge in [-0.05, 0) is 6.42 Å². The quantitative estimate of drug-likeness (QED) is 0.413. The van der Waals surface area contributed by atoms with Crippen molar-refractivity contribution in [2.75, 3.05) is 7.11 Å². The molecular formula is C6H10O3. The highest BCUT2D eigenvalue weighted by Gasteiger charge is 2.10. The number of carbonyl (C=O) groups is 2. The monoisotopic (exact) mass is 130 g/mol. The SMILES string of the molecule is CCCC(=O)C(=O)OC. The fourth-order valence-corrected chi connectivity index (χ4v) is 0.443. The van der Waals surface area contributed by atoms with Gasteiger partial charge in [0.1, 0.15) is 0 Å². The van der Waals surface area contributed by atoms with Crippen molar-refractivity contribution in [3.05, 3.63) is 0 Å². The number of ether oxygens (including phenoxy) is 1. The van der Waals surface area contributed by atoms with E-state index in [0.29, 0.717) is 6.42 Å². The summed E-state index contributed by atoms with van der Waals surface area (Å²) in [4.78, 5) is 20.8. The molecule has 0 aliphatic heterocycles. The van der Waals surface area contributed by atoms with Crippen LogP contribution in [-0.2, 0) is 14.3 Å². The lowest BCUT2D eigenvalue weighted by Gasteiger charge is -1.93. The molecule has 0 aliphatic rings. The second-order valence-corrected chi connectivity index (χ2v) is 1.66. The molecule has 3 nitrogen and oxygen atoms in total. The number of Topliss-reactive ketones (excluding diaryl/α,β-unsaturated/α-hetero) is 1. The van der Waals surface area contributed by atoms with Crippen LogP contribution in [-0.4, -0.2) is 18.9 Å². The van der Waals surface area contributed by atoms with Crippen LogP contribution in [0.1, 0.15) is 19.8 Å². The van der Waals surface area contributed by atoms with Gasteiger partial charge >= 0.3 is 5.97 Å². The Morgan fingerprint density at radius 3 is 2.33 bits per heavy atom. The Labute approximate surface area is 54.0 Å². The minimum absolute atomic E-state index is 0.284. The number of hydrogen-bond donors (Lipinski definition) is 0. The van der Waals surface area contributed by atoms with Crippen molar-refractivity contribution in [2.24, 2.45) is 0 Å². The molecule has 9 heavy (non-hydrogen) atoms. The predicted molar refractivity (Wildman–Crippen MR) is 31.9 cm³/mol. The van der Waals surface area contributed by atoms with Crippen molar-refractivity contribution in [1.29, 1.82) is 0 Å². The predicted octanol–water partition coefficient (Wildman–Crippen LogP) is 0.529. The Morgan fingerprint density at radius 2 is 2.00 bits per heavy atom. The zero-order chi connectivity index (χ0) is 7.28. The molecule has 0 unspecified atom stereocenters. The van der Waals surface area contributed by atoms with E-state index in [-0.39, 0.29) is 6.42 Å². The highest BCUT2D eigenvalue weighted by Crippen LogP contribution is 1.89. The lowest BCUT2D eigenvalue weighted by atomic mass is 10.2. The minimum atomic E-state index is -0.739. The number of rotatable bonds is 3. The molecule has 0 rings (SSSR count). The van der Waals surface area contributed by atoms with Crippen LogP contribution >= 0.6 is 0 Å². The smallest absolute Gasteiger partial charge is 0.374 e. The standard InChI is InChI=1S/C6H10O3/c1-3-4-5(7)6(8)9-2/h3-4H2,1-2H3. The molecule has 0 spiro atoms. The molecule has 0 saturated heterocycles. The molecule has 0 aromatic rings. The maximum atomic E-state index is 10.5. The lowest BCUT2D eigenvalue weighted by molar-refractivity contribution is -0.151. The van der Waals surface area contributed by atoms with Crippen LogP contribution < -0.4 is 0 Å². The first kappa shape index (κ1) is 8.14. The number of hydrogen-bond acceptors (Lipinski definition) is 3. The molecule has 0 atom stereocenters. The van der Waals surface area contributed by atoms with Crippen LogP contribution in [0.25, 0.3) is 0 Å². The minimum Gasteiger partial charge on any atom is -0.463 e. The average Bonchev–Trinajstić information content (AvgIpc) is 1.87. The summed E-state index contributed by atoms with van der Waals surface area (Å²) in [6.45, 7) is 1.83. The molecule has 0 amide bonds. The van der Waals surface area contributed by atoms with Crippen molar-refractivity contribution < 1.29 is 14.3 Å². The summed E-state index contributed by atoms with van der Waals surface area (Å²) in [5, 5.41) is 0. The Hall–Kier alpha value is -0.860. The summed E-state index contributed by atoms with van der Waals surface area (Å²) in [6.07, 6.45) is 0.973. The van der Waals surface area contributed by atoms with E-state index in [4.69, 9.17) is 0 Å². The molecule has 0 aromatic carbocycles. The molecule has 0 bridgehead atoms. The van der Waals surface area contributed by atoms with Crippen LogP contribution in [0.5, 0.6) is 0 Å². The van der Waals surface area contributed by atoms with Gasteiger partial charge in [0.15, 0.2) is 0 Å². The number of esters is 1. The number of methoxy groups -OCH3 is 1. The molecule has 0 N–H and O–H groups in total. The Kier molecular flexibility index (Phi) is 3.67. The van der Waals surface area contributed by atoms with E-state index in [1.165, 1.54) is 7.11 Å².